The Labute approximate surface area is 102 Å². The van der Waals surface area contributed by atoms with E-state index in [1.165, 1.54) is 0 Å². The van der Waals surface area contributed by atoms with Crippen LogP contribution in [0, 0.1) is 11.3 Å². The molecular weight excluding hydrogens is 195 g/mol. The second-order valence-electron chi connectivity index (χ2n) is 5.50. The van der Waals surface area contributed by atoms with Gasteiger partial charge in [-0.2, -0.15) is 5.26 Å². The van der Waals surface area contributed by atoms with E-state index >= 15 is 0 Å². The number of nitriles is 1. The molecule has 0 spiro atoms. The first kappa shape index (κ1) is 15.5. The van der Waals surface area contributed by atoms with Crippen molar-refractivity contribution in [2.75, 3.05) is 0 Å². The van der Waals surface area contributed by atoms with E-state index in [0.717, 1.165) is 12.7 Å². The van der Waals surface area contributed by atoms with Crippen LogP contribution in [-0.2, 0) is 0 Å². The van der Waals surface area contributed by atoms with Crippen LogP contribution in [0.4, 0.5) is 0 Å². The molecular formula is C13H27BN2. The quantitative estimate of drug-likeness (QED) is 0.483. The predicted octanol–water partition coefficient (Wildman–Crippen LogP) is 3.81. The van der Waals surface area contributed by atoms with Crippen molar-refractivity contribution in [2.45, 2.75) is 78.6 Å². The molecule has 0 saturated carbocycles. The molecule has 0 aromatic rings. The minimum absolute atomic E-state index is 0.578. The van der Waals surface area contributed by atoms with Crippen molar-refractivity contribution in [3.05, 3.63) is 0 Å². The molecule has 2 nitrogen and oxygen atoms in total. The van der Waals surface area contributed by atoms with Crippen LogP contribution < -0.4 is 0 Å². The Kier molecular flexibility index (Phi) is 7.50. The molecule has 0 fully saturated rings. The first-order chi connectivity index (χ1) is 7.41. The smallest absolute Gasteiger partial charge is 0.226 e. The Morgan fingerprint density at radius 1 is 1.06 bits per heavy atom. The Hall–Kier alpha value is -0.485. The molecule has 0 atom stereocenters. The highest BCUT2D eigenvalue weighted by atomic mass is 15.1. The molecule has 3 heteroatoms. The number of hydrogen-bond acceptors (Lipinski definition) is 2. The topological polar surface area (TPSA) is 27.0 Å². The van der Waals surface area contributed by atoms with Gasteiger partial charge in [0.05, 0.1) is 6.07 Å². The molecule has 0 aliphatic rings. The molecule has 0 N–H and O–H groups in total. The molecule has 92 valence electrons. The summed E-state index contributed by atoms with van der Waals surface area (Å²) >= 11 is 0. The summed E-state index contributed by atoms with van der Waals surface area (Å²) < 4.78 is 0. The second kappa shape index (κ2) is 7.73. The van der Waals surface area contributed by atoms with Gasteiger partial charge in [0.2, 0.25) is 6.85 Å². The molecule has 0 aliphatic carbocycles. The summed E-state index contributed by atoms with van der Waals surface area (Å²) in [7, 11) is 0. The molecule has 0 rings (SSSR count). The van der Waals surface area contributed by atoms with E-state index in [1.807, 2.05) is 0 Å². The first-order valence-electron chi connectivity index (χ1n) is 6.56. The van der Waals surface area contributed by atoms with Gasteiger partial charge in [-0.3, -0.25) is 0 Å². The maximum Gasteiger partial charge on any atom is 0.226 e. The summed E-state index contributed by atoms with van der Waals surface area (Å²) in [4.78, 5) is 2.59. The fraction of sp³-hybridized carbons (Fsp3) is 0.923. The lowest BCUT2D eigenvalue weighted by molar-refractivity contribution is 0.297. The van der Waals surface area contributed by atoms with E-state index in [-0.39, 0.29) is 0 Å². The summed E-state index contributed by atoms with van der Waals surface area (Å²) in [5.41, 5.74) is 0. The van der Waals surface area contributed by atoms with Crippen LogP contribution in [0.25, 0.3) is 0 Å². The molecule has 0 unspecified atom stereocenters. The lowest BCUT2D eigenvalue weighted by atomic mass is 9.47. The normalized spacial score (nSPS) is 11.6. The standard InChI is InChI=1S/C13H27BN2/c1-11(2)14(9-7-8-10-15)16(12(3)4)13(5)6/h11-13H,7-9H2,1-6H3. The third kappa shape index (κ3) is 5.03. The average molecular weight is 222 g/mol. The van der Waals surface area contributed by atoms with Crippen LogP contribution in [0.1, 0.15) is 54.4 Å². The predicted molar refractivity (Wildman–Crippen MR) is 72.6 cm³/mol. The molecule has 0 aromatic heterocycles. The van der Waals surface area contributed by atoms with E-state index in [0.29, 0.717) is 31.2 Å². The summed E-state index contributed by atoms with van der Waals surface area (Å²) in [6.45, 7) is 14.2. The van der Waals surface area contributed by atoms with Gasteiger partial charge in [-0.25, -0.2) is 0 Å². The Morgan fingerprint density at radius 3 is 1.88 bits per heavy atom. The fourth-order valence-electron chi connectivity index (χ4n) is 2.58. The van der Waals surface area contributed by atoms with Gasteiger partial charge in [0.1, 0.15) is 0 Å². The molecule has 0 aliphatic heterocycles. The Morgan fingerprint density at radius 2 is 1.56 bits per heavy atom. The third-order valence-electron chi connectivity index (χ3n) is 3.13. The van der Waals surface area contributed by atoms with Crippen LogP contribution in [0.5, 0.6) is 0 Å². The van der Waals surface area contributed by atoms with E-state index in [2.05, 4.69) is 52.4 Å². The molecule has 0 saturated heterocycles. The number of nitrogens with zero attached hydrogens (tertiary/aromatic N) is 2. The summed E-state index contributed by atoms with van der Waals surface area (Å²) in [5.74, 6) is 0.656. The van der Waals surface area contributed by atoms with Gasteiger partial charge >= 0.3 is 0 Å². The van der Waals surface area contributed by atoms with E-state index in [9.17, 15) is 0 Å². The lowest BCUT2D eigenvalue weighted by Gasteiger charge is -2.38. The zero-order valence-corrected chi connectivity index (χ0v) is 11.8. The van der Waals surface area contributed by atoms with Crippen molar-refractivity contribution in [3.8, 4) is 6.07 Å². The third-order valence-corrected chi connectivity index (χ3v) is 3.13. The Bertz CT molecular complexity index is 210. The van der Waals surface area contributed by atoms with Crippen LogP contribution in [0.15, 0.2) is 0 Å². The zero-order valence-electron chi connectivity index (χ0n) is 11.8. The molecule has 0 radical (unpaired) electrons. The van der Waals surface area contributed by atoms with Crippen LogP contribution in [0.3, 0.4) is 0 Å². The van der Waals surface area contributed by atoms with Crippen molar-refractivity contribution in [1.29, 1.82) is 5.26 Å². The van der Waals surface area contributed by atoms with Crippen LogP contribution in [0.2, 0.25) is 12.1 Å². The van der Waals surface area contributed by atoms with Gasteiger partial charge in [-0.15, -0.1) is 0 Å². The minimum Gasteiger partial charge on any atom is -0.337 e. The Balaban J connectivity index is 4.53. The summed E-state index contributed by atoms with van der Waals surface area (Å²) in [5, 5.41) is 8.61. The van der Waals surface area contributed by atoms with Crippen LogP contribution >= 0.6 is 0 Å². The maximum absolute atomic E-state index is 8.61. The number of unbranched alkanes of at least 4 members (excludes halogenated alkanes) is 1. The largest absolute Gasteiger partial charge is 0.337 e. The summed E-state index contributed by atoms with van der Waals surface area (Å²) in [6.07, 6.45) is 2.85. The van der Waals surface area contributed by atoms with Crippen molar-refractivity contribution >= 4 is 6.85 Å². The highest BCUT2D eigenvalue weighted by Gasteiger charge is 2.29. The molecule has 0 aromatic carbocycles. The van der Waals surface area contributed by atoms with Gasteiger partial charge < -0.3 is 4.81 Å². The monoisotopic (exact) mass is 222 g/mol. The van der Waals surface area contributed by atoms with E-state index < -0.39 is 0 Å². The van der Waals surface area contributed by atoms with Gasteiger partial charge in [0.15, 0.2) is 0 Å². The van der Waals surface area contributed by atoms with E-state index in [4.69, 9.17) is 5.26 Å². The van der Waals surface area contributed by atoms with Crippen molar-refractivity contribution in [2.24, 2.45) is 0 Å². The van der Waals surface area contributed by atoms with Crippen LogP contribution in [-0.4, -0.2) is 23.7 Å². The SMILES string of the molecule is CC(C)B(CCCC#N)N(C(C)C)C(C)C. The highest BCUT2D eigenvalue weighted by Crippen LogP contribution is 2.22. The minimum atomic E-state index is 0.578. The molecule has 0 bridgehead atoms. The zero-order chi connectivity index (χ0) is 12.7. The fourth-order valence-corrected chi connectivity index (χ4v) is 2.58. The second-order valence-corrected chi connectivity index (χ2v) is 5.50. The highest BCUT2D eigenvalue weighted by molar-refractivity contribution is 6.57. The van der Waals surface area contributed by atoms with Crippen molar-refractivity contribution in [1.82, 2.24) is 4.81 Å². The lowest BCUT2D eigenvalue weighted by Crippen LogP contribution is -2.49. The van der Waals surface area contributed by atoms with Crippen molar-refractivity contribution in [3.63, 3.8) is 0 Å². The van der Waals surface area contributed by atoms with Gasteiger partial charge in [-0.05, 0) is 18.5 Å². The average Bonchev–Trinajstić information content (AvgIpc) is 2.14. The molecule has 0 heterocycles. The summed E-state index contributed by atoms with van der Waals surface area (Å²) in [6, 6.07) is 3.40. The first-order valence-corrected chi connectivity index (χ1v) is 6.56. The maximum atomic E-state index is 8.61. The number of rotatable bonds is 7. The number of hydrogen-bond donors (Lipinski definition) is 0. The molecule has 16 heavy (non-hydrogen) atoms. The van der Waals surface area contributed by atoms with E-state index in [1.54, 1.807) is 0 Å². The van der Waals surface area contributed by atoms with Gasteiger partial charge in [0, 0.05) is 6.42 Å². The van der Waals surface area contributed by atoms with Gasteiger partial charge in [-0.1, -0.05) is 53.7 Å². The molecule has 0 amide bonds. The van der Waals surface area contributed by atoms with Crippen molar-refractivity contribution < 1.29 is 0 Å². The van der Waals surface area contributed by atoms with Gasteiger partial charge in [0.25, 0.3) is 0 Å².